The van der Waals surface area contributed by atoms with Crippen molar-refractivity contribution in [1.82, 2.24) is 15.7 Å². The molecule has 4 N–H and O–H groups in total. The van der Waals surface area contributed by atoms with Crippen molar-refractivity contribution in [2.24, 2.45) is 0 Å². The van der Waals surface area contributed by atoms with Gasteiger partial charge in [0, 0.05) is 37.8 Å². The van der Waals surface area contributed by atoms with Crippen LogP contribution in [0, 0.1) is 0 Å². The van der Waals surface area contributed by atoms with Gasteiger partial charge < -0.3 is 20.1 Å². The first-order valence-corrected chi connectivity index (χ1v) is 13.0. The standard InChI is InChI=1S/C28H36N4O4/c33-26(30-35)5-3-1-2-4-14-32(28(34)31-15-17-36-18-16-31)23-11-8-20(9-12-23)22-7-6-21-10-13-25-27(29-25)24(21)19-22/h6-13,19,25,27-29,34-35H,1-5,14-18H2,(H,30,33). The van der Waals surface area contributed by atoms with E-state index >= 15 is 0 Å². The first-order valence-electron chi connectivity index (χ1n) is 13.0. The first-order chi connectivity index (χ1) is 17.6. The minimum Gasteiger partial charge on any atom is -0.379 e. The van der Waals surface area contributed by atoms with E-state index in [0.29, 0.717) is 51.4 Å². The molecule has 3 aliphatic rings. The molecule has 2 heterocycles. The van der Waals surface area contributed by atoms with E-state index in [-0.39, 0.29) is 5.91 Å². The van der Waals surface area contributed by atoms with Crippen LogP contribution < -0.4 is 15.7 Å². The normalized spacial score (nSPS) is 21.4. The molecule has 2 aromatic carbocycles. The number of aliphatic hydroxyl groups excluding tert-OH is 1. The average molecular weight is 493 g/mol. The third-order valence-electron chi connectivity index (χ3n) is 7.39. The van der Waals surface area contributed by atoms with Crippen molar-refractivity contribution in [3.8, 4) is 11.1 Å². The van der Waals surface area contributed by atoms with E-state index in [0.717, 1.165) is 36.9 Å². The molecule has 0 bridgehead atoms. The third-order valence-corrected chi connectivity index (χ3v) is 7.39. The smallest absolute Gasteiger partial charge is 0.243 e. The molecule has 0 saturated carbocycles. The molecule has 36 heavy (non-hydrogen) atoms. The van der Waals surface area contributed by atoms with Crippen LogP contribution in [-0.4, -0.2) is 66.4 Å². The molecular weight excluding hydrogens is 456 g/mol. The van der Waals surface area contributed by atoms with Crippen molar-refractivity contribution >= 4 is 17.7 Å². The molecule has 1 aliphatic carbocycles. The zero-order chi connectivity index (χ0) is 24.9. The highest BCUT2D eigenvalue weighted by Crippen LogP contribution is 2.39. The Bertz CT molecular complexity index is 1070. The predicted molar refractivity (Wildman–Crippen MR) is 139 cm³/mol. The van der Waals surface area contributed by atoms with Gasteiger partial charge in [0.05, 0.1) is 19.3 Å². The van der Waals surface area contributed by atoms with Crippen molar-refractivity contribution in [3.05, 3.63) is 59.7 Å². The molecule has 1 amide bonds. The van der Waals surface area contributed by atoms with Gasteiger partial charge in [-0.3, -0.25) is 14.9 Å². The number of aliphatic hydroxyl groups is 1. The summed E-state index contributed by atoms with van der Waals surface area (Å²) in [7, 11) is 0. The summed E-state index contributed by atoms with van der Waals surface area (Å²) < 4.78 is 5.47. The van der Waals surface area contributed by atoms with E-state index in [2.05, 4.69) is 69.7 Å². The van der Waals surface area contributed by atoms with Gasteiger partial charge in [0.2, 0.25) is 5.91 Å². The van der Waals surface area contributed by atoms with E-state index < -0.39 is 6.35 Å². The fourth-order valence-corrected chi connectivity index (χ4v) is 5.19. The van der Waals surface area contributed by atoms with E-state index in [9.17, 15) is 9.90 Å². The van der Waals surface area contributed by atoms with Crippen LogP contribution in [0.4, 0.5) is 5.69 Å². The van der Waals surface area contributed by atoms with Gasteiger partial charge in [-0.05, 0) is 53.3 Å². The quantitative estimate of drug-likeness (QED) is 0.125. The summed E-state index contributed by atoms with van der Waals surface area (Å²) in [6, 6.07) is 16.1. The number of carbonyl (C=O) groups is 1. The number of rotatable bonds is 11. The van der Waals surface area contributed by atoms with Crippen LogP contribution >= 0.6 is 0 Å². The Kier molecular flexibility index (Phi) is 7.99. The summed E-state index contributed by atoms with van der Waals surface area (Å²) in [6.45, 7) is 3.36. The number of morpholine rings is 1. The number of fused-ring (bicyclic) bond motifs is 3. The summed E-state index contributed by atoms with van der Waals surface area (Å²) in [5, 5.41) is 23.4. The second-order valence-corrected chi connectivity index (χ2v) is 9.81. The lowest BCUT2D eigenvalue weighted by Gasteiger charge is -2.39. The van der Waals surface area contributed by atoms with Crippen LogP contribution in [0.1, 0.15) is 49.3 Å². The van der Waals surface area contributed by atoms with Crippen LogP contribution in [0.5, 0.6) is 0 Å². The number of nitrogens with one attached hydrogen (secondary N) is 2. The van der Waals surface area contributed by atoms with Gasteiger partial charge in [0.15, 0.2) is 6.35 Å². The van der Waals surface area contributed by atoms with Crippen LogP contribution in [0.15, 0.2) is 48.5 Å². The highest BCUT2D eigenvalue weighted by molar-refractivity contribution is 5.74. The van der Waals surface area contributed by atoms with E-state index in [1.807, 2.05) is 0 Å². The molecule has 0 spiro atoms. The highest BCUT2D eigenvalue weighted by atomic mass is 16.5. The summed E-state index contributed by atoms with van der Waals surface area (Å²) in [5.41, 5.74) is 7.69. The molecule has 5 rings (SSSR count). The molecule has 8 heteroatoms. The van der Waals surface area contributed by atoms with Crippen molar-refractivity contribution in [2.45, 2.75) is 50.5 Å². The highest BCUT2D eigenvalue weighted by Gasteiger charge is 2.38. The van der Waals surface area contributed by atoms with Crippen molar-refractivity contribution in [3.63, 3.8) is 0 Å². The Hall–Kier alpha value is -2.75. The number of hydroxylamine groups is 1. The Morgan fingerprint density at radius 1 is 1.08 bits per heavy atom. The lowest BCUT2D eigenvalue weighted by molar-refractivity contribution is -0.129. The maximum atomic E-state index is 11.2. The number of nitrogens with zero attached hydrogens (tertiary/aromatic N) is 2. The molecule has 0 aromatic heterocycles. The Balaban J connectivity index is 1.26. The SMILES string of the molecule is O=C(CCCCCCN(c1ccc(-c2ccc3c(c2)C2NC2C=C3)cc1)C(O)N1CCOCC1)NO. The number of ether oxygens (including phenoxy) is 1. The molecule has 192 valence electrons. The van der Waals surface area contributed by atoms with Gasteiger partial charge in [-0.1, -0.05) is 49.3 Å². The number of hydrogen-bond acceptors (Lipinski definition) is 7. The number of carbonyl (C=O) groups excluding carboxylic acids is 1. The zero-order valence-corrected chi connectivity index (χ0v) is 20.6. The first kappa shape index (κ1) is 24.9. The van der Waals surface area contributed by atoms with E-state index in [1.54, 1.807) is 5.48 Å². The second kappa shape index (κ2) is 11.5. The van der Waals surface area contributed by atoms with E-state index in [4.69, 9.17) is 9.94 Å². The van der Waals surface area contributed by atoms with Gasteiger partial charge in [-0.15, -0.1) is 0 Å². The summed E-state index contributed by atoms with van der Waals surface area (Å²) in [6.07, 6.45) is 7.54. The maximum absolute atomic E-state index is 11.2. The number of anilines is 1. The molecule has 2 fully saturated rings. The van der Waals surface area contributed by atoms with Gasteiger partial charge in [-0.25, -0.2) is 5.48 Å². The average Bonchev–Trinajstić information content (AvgIpc) is 3.73. The number of amides is 1. The molecule has 2 saturated heterocycles. The number of unbranched alkanes of at least 4 members (excludes halogenated alkanes) is 3. The lowest BCUT2D eigenvalue weighted by Crippen LogP contribution is -2.53. The largest absolute Gasteiger partial charge is 0.379 e. The summed E-state index contributed by atoms with van der Waals surface area (Å²) in [5.74, 6) is -0.344. The van der Waals surface area contributed by atoms with E-state index in [1.165, 1.54) is 16.7 Å². The van der Waals surface area contributed by atoms with Gasteiger partial charge >= 0.3 is 0 Å². The van der Waals surface area contributed by atoms with Crippen LogP contribution in [0.3, 0.4) is 0 Å². The predicted octanol–water partition coefficient (Wildman–Crippen LogP) is 3.26. The molecule has 8 nitrogen and oxygen atoms in total. The van der Waals surface area contributed by atoms with Crippen LogP contribution in [-0.2, 0) is 9.53 Å². The molecule has 3 unspecified atom stereocenters. The monoisotopic (exact) mass is 492 g/mol. The topological polar surface area (TPSA) is 107 Å². The molecule has 3 atom stereocenters. The fourth-order valence-electron chi connectivity index (χ4n) is 5.19. The minimum absolute atomic E-state index is 0.328. The number of benzene rings is 2. The van der Waals surface area contributed by atoms with Crippen molar-refractivity contribution < 1.29 is 19.8 Å². The summed E-state index contributed by atoms with van der Waals surface area (Å²) >= 11 is 0. The maximum Gasteiger partial charge on any atom is 0.243 e. The second-order valence-electron chi connectivity index (χ2n) is 9.81. The third kappa shape index (κ3) is 5.79. The van der Waals surface area contributed by atoms with Gasteiger partial charge in [0.1, 0.15) is 0 Å². The lowest BCUT2D eigenvalue weighted by atomic mass is 9.93. The zero-order valence-electron chi connectivity index (χ0n) is 20.6. The number of hydrogen-bond donors (Lipinski definition) is 4. The Morgan fingerprint density at radius 2 is 1.83 bits per heavy atom. The Morgan fingerprint density at radius 3 is 2.61 bits per heavy atom. The fraction of sp³-hybridized carbons (Fsp3) is 0.464. The molecule has 2 aliphatic heterocycles. The van der Waals surface area contributed by atoms with Gasteiger partial charge in [0.25, 0.3) is 0 Å². The summed E-state index contributed by atoms with van der Waals surface area (Å²) in [4.78, 5) is 15.3. The van der Waals surface area contributed by atoms with Crippen molar-refractivity contribution in [1.29, 1.82) is 0 Å². The van der Waals surface area contributed by atoms with Crippen LogP contribution in [0.25, 0.3) is 17.2 Å². The van der Waals surface area contributed by atoms with Gasteiger partial charge in [-0.2, -0.15) is 0 Å². The Labute approximate surface area is 212 Å². The van der Waals surface area contributed by atoms with Crippen molar-refractivity contribution in [2.75, 3.05) is 37.7 Å². The van der Waals surface area contributed by atoms with Crippen LogP contribution in [0.2, 0.25) is 0 Å². The molecular formula is C28H36N4O4. The minimum atomic E-state index is -0.715. The molecule has 2 aromatic rings. The molecule has 0 radical (unpaired) electrons.